The number of ether oxygens (including phenoxy) is 4. The summed E-state index contributed by atoms with van der Waals surface area (Å²) in [5, 5.41) is 0. The molecule has 0 bridgehead atoms. The second-order valence-electron chi connectivity index (χ2n) is 7.32. The van der Waals surface area contributed by atoms with Gasteiger partial charge in [-0.2, -0.15) is 0 Å². The lowest BCUT2D eigenvalue weighted by Crippen LogP contribution is -2.20. The lowest BCUT2D eigenvalue weighted by molar-refractivity contribution is 0.104. The summed E-state index contributed by atoms with van der Waals surface area (Å²) >= 11 is 0. The predicted octanol–water partition coefficient (Wildman–Crippen LogP) is 5.87. The highest BCUT2D eigenvalue weighted by Gasteiger charge is 2.25. The van der Waals surface area contributed by atoms with Gasteiger partial charge in [0.05, 0.1) is 6.61 Å². The van der Waals surface area contributed by atoms with Crippen molar-refractivity contribution >= 4 is 12.3 Å². The van der Waals surface area contributed by atoms with Crippen LogP contribution in [0.25, 0.3) is 0 Å². The van der Waals surface area contributed by atoms with Crippen molar-refractivity contribution in [1.82, 2.24) is 0 Å². The first-order valence-electron chi connectivity index (χ1n) is 9.71. The first-order valence-corrected chi connectivity index (χ1v) is 9.71. The van der Waals surface area contributed by atoms with Gasteiger partial charge in [0.2, 0.25) is 0 Å². The molecule has 0 radical (unpaired) electrons. The van der Waals surface area contributed by atoms with Gasteiger partial charge >= 0.3 is 12.3 Å². The number of hydrogen-bond donors (Lipinski definition) is 0. The van der Waals surface area contributed by atoms with Crippen LogP contribution in [-0.2, 0) is 14.9 Å². The molecule has 0 heterocycles. The molecule has 6 heteroatoms. The van der Waals surface area contributed by atoms with E-state index in [1.807, 2.05) is 38.1 Å². The minimum Gasteiger partial charge on any atom is -0.434 e. The van der Waals surface area contributed by atoms with E-state index >= 15 is 0 Å². The highest BCUT2D eigenvalue weighted by Crippen LogP contribution is 2.36. The topological polar surface area (TPSA) is 71.1 Å². The van der Waals surface area contributed by atoms with Crippen LogP contribution < -0.4 is 9.47 Å². The van der Waals surface area contributed by atoms with Crippen molar-refractivity contribution in [1.29, 1.82) is 0 Å². The number of hydrogen-bond acceptors (Lipinski definition) is 6. The number of carbonyl (C=O) groups excluding carboxylic acids is 2. The number of aryl methyl sites for hydroxylation is 2. The fraction of sp³-hybridized carbons (Fsp3) is 0.333. The quantitative estimate of drug-likeness (QED) is 0.322. The monoisotopic (exact) mass is 412 g/mol. The smallest absolute Gasteiger partial charge is 0.434 e. The van der Waals surface area contributed by atoms with Crippen molar-refractivity contribution in [3.63, 3.8) is 0 Å². The van der Waals surface area contributed by atoms with Gasteiger partial charge in [-0.1, -0.05) is 50.8 Å². The molecule has 0 saturated carbocycles. The van der Waals surface area contributed by atoms with E-state index in [2.05, 4.69) is 20.4 Å². The van der Waals surface area contributed by atoms with E-state index in [4.69, 9.17) is 18.9 Å². The lowest BCUT2D eigenvalue weighted by atomic mass is 9.77. The number of benzene rings is 2. The van der Waals surface area contributed by atoms with Gasteiger partial charge in [-0.15, -0.1) is 0 Å². The molecule has 0 aliphatic rings. The number of carbonyl (C=O) groups is 2. The lowest BCUT2D eigenvalue weighted by Gasteiger charge is -2.27. The Kier molecular flexibility index (Phi) is 7.64. The van der Waals surface area contributed by atoms with Crippen molar-refractivity contribution in [2.75, 3.05) is 13.2 Å². The molecule has 160 valence electrons. The van der Waals surface area contributed by atoms with Gasteiger partial charge < -0.3 is 18.9 Å². The largest absolute Gasteiger partial charge is 0.514 e. The van der Waals surface area contributed by atoms with E-state index in [0.717, 1.165) is 22.3 Å². The van der Waals surface area contributed by atoms with Crippen LogP contribution in [-0.4, -0.2) is 25.5 Å². The Morgan fingerprint density at radius 3 is 1.77 bits per heavy atom. The van der Waals surface area contributed by atoms with Gasteiger partial charge in [0, 0.05) is 5.41 Å². The minimum absolute atomic E-state index is 0.0955. The summed E-state index contributed by atoms with van der Waals surface area (Å²) in [6.45, 7) is 13.5. The zero-order valence-corrected chi connectivity index (χ0v) is 18.1. The molecule has 0 unspecified atom stereocenters. The zero-order chi connectivity index (χ0) is 22.3. The molecule has 2 aromatic carbocycles. The van der Waals surface area contributed by atoms with E-state index in [0.29, 0.717) is 11.5 Å². The Hall–Kier alpha value is -3.28. The molecule has 30 heavy (non-hydrogen) atoms. The highest BCUT2D eigenvalue weighted by atomic mass is 16.7. The van der Waals surface area contributed by atoms with Crippen molar-refractivity contribution in [3.05, 3.63) is 71.3 Å². The average Bonchev–Trinajstić information content (AvgIpc) is 2.69. The third-order valence-electron chi connectivity index (χ3n) is 4.76. The van der Waals surface area contributed by atoms with Crippen molar-refractivity contribution < 1.29 is 28.5 Å². The van der Waals surface area contributed by atoms with Crippen LogP contribution in [0.4, 0.5) is 9.59 Å². The van der Waals surface area contributed by atoms with Gasteiger partial charge in [-0.05, 0) is 55.2 Å². The Morgan fingerprint density at radius 2 is 1.37 bits per heavy atom. The molecule has 0 aliphatic heterocycles. The van der Waals surface area contributed by atoms with E-state index in [-0.39, 0.29) is 18.6 Å². The third-order valence-corrected chi connectivity index (χ3v) is 4.76. The molecule has 0 atom stereocenters. The van der Waals surface area contributed by atoms with Crippen LogP contribution in [0.15, 0.2) is 49.1 Å². The molecule has 2 aromatic rings. The summed E-state index contributed by atoms with van der Waals surface area (Å²) < 4.78 is 20.2. The summed E-state index contributed by atoms with van der Waals surface area (Å²) in [6.07, 6.45) is -0.00613. The molecule has 0 fully saturated rings. The summed E-state index contributed by atoms with van der Waals surface area (Å²) in [5.41, 5.74) is 3.41. The van der Waals surface area contributed by atoms with Crippen LogP contribution in [0, 0.1) is 13.8 Å². The van der Waals surface area contributed by atoms with Crippen molar-refractivity contribution in [2.24, 2.45) is 0 Å². The molecule has 0 amide bonds. The maximum atomic E-state index is 11.7. The summed E-state index contributed by atoms with van der Waals surface area (Å²) in [7, 11) is 0. The molecular formula is C24H28O6. The van der Waals surface area contributed by atoms with Crippen LogP contribution >= 0.6 is 0 Å². The molecular weight excluding hydrogens is 384 g/mol. The first kappa shape index (κ1) is 23.0. The maximum absolute atomic E-state index is 11.7. The molecule has 2 rings (SSSR count). The van der Waals surface area contributed by atoms with Gasteiger partial charge in [0.15, 0.2) is 0 Å². The Bertz CT molecular complexity index is 929. The third kappa shape index (κ3) is 5.63. The van der Waals surface area contributed by atoms with Gasteiger partial charge in [0.1, 0.15) is 18.1 Å². The minimum atomic E-state index is -0.766. The molecule has 6 nitrogen and oxygen atoms in total. The van der Waals surface area contributed by atoms with Crippen LogP contribution in [0.5, 0.6) is 11.5 Å². The normalized spacial score (nSPS) is 10.8. The van der Waals surface area contributed by atoms with E-state index < -0.39 is 12.3 Å². The average molecular weight is 412 g/mol. The standard InChI is InChI=1S/C24H28O6/c1-7-13-28-23(26)30-21-12-10-19(15-17(21)4)24(5,6)18-9-11-20(16(3)14-18)29-22(25)27-8-2/h7,9-12,14-15H,1,8,13H2,2-6H3. The predicted molar refractivity (Wildman–Crippen MR) is 114 cm³/mol. The van der Waals surface area contributed by atoms with Crippen molar-refractivity contribution in [3.8, 4) is 11.5 Å². The second-order valence-corrected chi connectivity index (χ2v) is 7.32. The van der Waals surface area contributed by atoms with Crippen LogP contribution in [0.2, 0.25) is 0 Å². The molecule has 0 aromatic heterocycles. The molecule has 0 spiro atoms. The molecule has 0 saturated heterocycles. The van der Waals surface area contributed by atoms with E-state index in [9.17, 15) is 9.59 Å². The zero-order valence-electron chi connectivity index (χ0n) is 18.1. The van der Waals surface area contributed by atoms with Crippen LogP contribution in [0.3, 0.4) is 0 Å². The fourth-order valence-corrected chi connectivity index (χ4v) is 2.96. The summed E-state index contributed by atoms with van der Waals surface area (Å²) in [5.74, 6) is 0.906. The molecule has 0 aliphatic carbocycles. The van der Waals surface area contributed by atoms with Gasteiger partial charge in [0.25, 0.3) is 0 Å². The highest BCUT2D eigenvalue weighted by molar-refractivity contribution is 5.65. The number of rotatable bonds is 7. The SMILES string of the molecule is C=CCOC(=O)Oc1ccc(C(C)(C)c2ccc(OC(=O)OCC)c(C)c2)cc1C. The summed E-state index contributed by atoms with van der Waals surface area (Å²) in [6, 6.07) is 11.3. The fourth-order valence-electron chi connectivity index (χ4n) is 2.96. The van der Waals surface area contributed by atoms with Gasteiger partial charge in [-0.25, -0.2) is 9.59 Å². The second kappa shape index (κ2) is 9.96. The Labute approximate surface area is 177 Å². The van der Waals surface area contributed by atoms with Crippen LogP contribution in [0.1, 0.15) is 43.0 Å². The van der Waals surface area contributed by atoms with Gasteiger partial charge in [-0.3, -0.25) is 0 Å². The maximum Gasteiger partial charge on any atom is 0.514 e. The van der Waals surface area contributed by atoms with Crippen molar-refractivity contribution in [2.45, 2.75) is 40.0 Å². The molecule has 0 N–H and O–H groups in total. The Balaban J connectivity index is 2.23. The summed E-state index contributed by atoms with van der Waals surface area (Å²) in [4.78, 5) is 23.3. The Morgan fingerprint density at radius 1 is 0.900 bits per heavy atom. The van der Waals surface area contributed by atoms with E-state index in [1.165, 1.54) is 6.08 Å². The first-order chi connectivity index (χ1) is 14.2. The van der Waals surface area contributed by atoms with E-state index in [1.54, 1.807) is 19.1 Å².